The smallest absolute Gasteiger partial charge is 0.234 e. The molecule has 1 N–H and O–H groups in total. The molecule has 2 saturated heterocycles. The minimum absolute atomic E-state index is 0.0322. The standard InChI is InChI=1S/C17H27N3O2/c1-2-9-18-16(21)14-19-12-7-15(8-13-19)17(22)20-10-5-3-4-6-11-20/h1,15H,3-14H2,(H,18,21). The Balaban J connectivity index is 1.73. The molecule has 0 aromatic carbocycles. The molecule has 0 aliphatic carbocycles. The van der Waals surface area contributed by atoms with Gasteiger partial charge in [-0.3, -0.25) is 14.5 Å². The van der Waals surface area contributed by atoms with Crippen molar-refractivity contribution < 1.29 is 9.59 Å². The number of hydrogen-bond acceptors (Lipinski definition) is 3. The van der Waals surface area contributed by atoms with Crippen LogP contribution < -0.4 is 5.32 Å². The molecule has 0 radical (unpaired) electrons. The minimum Gasteiger partial charge on any atom is -0.344 e. The van der Waals surface area contributed by atoms with Gasteiger partial charge in [-0.1, -0.05) is 18.8 Å². The summed E-state index contributed by atoms with van der Waals surface area (Å²) in [7, 11) is 0. The number of likely N-dealkylation sites (tertiary alicyclic amines) is 2. The van der Waals surface area contributed by atoms with Gasteiger partial charge in [0.25, 0.3) is 0 Å². The summed E-state index contributed by atoms with van der Waals surface area (Å²) in [4.78, 5) is 28.4. The van der Waals surface area contributed by atoms with Gasteiger partial charge in [0.1, 0.15) is 0 Å². The average molecular weight is 305 g/mol. The average Bonchev–Trinajstić information content (AvgIpc) is 2.82. The molecule has 5 heteroatoms. The van der Waals surface area contributed by atoms with E-state index < -0.39 is 0 Å². The molecular formula is C17H27N3O2. The molecule has 2 amide bonds. The number of nitrogens with one attached hydrogen (secondary N) is 1. The molecule has 2 heterocycles. The monoisotopic (exact) mass is 305 g/mol. The predicted molar refractivity (Wildman–Crippen MR) is 86.1 cm³/mol. The van der Waals surface area contributed by atoms with Crippen LogP contribution in [0.4, 0.5) is 0 Å². The SMILES string of the molecule is C#CCNC(=O)CN1CCC(C(=O)N2CCCCCC2)CC1. The molecule has 0 saturated carbocycles. The highest BCUT2D eigenvalue weighted by atomic mass is 16.2. The fourth-order valence-electron chi connectivity index (χ4n) is 3.30. The van der Waals surface area contributed by atoms with Crippen molar-refractivity contribution in [1.29, 1.82) is 0 Å². The zero-order valence-corrected chi connectivity index (χ0v) is 13.4. The van der Waals surface area contributed by atoms with E-state index in [0.717, 1.165) is 51.9 Å². The number of rotatable bonds is 4. The predicted octanol–water partition coefficient (Wildman–Crippen LogP) is 0.850. The van der Waals surface area contributed by atoms with Crippen molar-refractivity contribution in [1.82, 2.24) is 15.1 Å². The van der Waals surface area contributed by atoms with Crippen molar-refractivity contribution in [3.8, 4) is 12.3 Å². The van der Waals surface area contributed by atoms with Gasteiger partial charge in [0.15, 0.2) is 0 Å². The van der Waals surface area contributed by atoms with Crippen LogP contribution >= 0.6 is 0 Å². The maximum atomic E-state index is 12.6. The Labute approximate surface area is 133 Å². The second-order valence-corrected chi connectivity index (χ2v) is 6.27. The number of nitrogens with zero attached hydrogens (tertiary/aromatic N) is 2. The topological polar surface area (TPSA) is 52.7 Å². The lowest BCUT2D eigenvalue weighted by atomic mass is 9.95. The summed E-state index contributed by atoms with van der Waals surface area (Å²) >= 11 is 0. The van der Waals surface area contributed by atoms with Crippen molar-refractivity contribution in [2.45, 2.75) is 38.5 Å². The highest BCUT2D eigenvalue weighted by molar-refractivity contribution is 5.79. The van der Waals surface area contributed by atoms with Gasteiger partial charge < -0.3 is 10.2 Å². The van der Waals surface area contributed by atoms with Crippen LogP contribution in [0.15, 0.2) is 0 Å². The second-order valence-electron chi connectivity index (χ2n) is 6.27. The Morgan fingerprint density at radius 3 is 2.27 bits per heavy atom. The van der Waals surface area contributed by atoms with Crippen LogP contribution in [0.1, 0.15) is 38.5 Å². The summed E-state index contributed by atoms with van der Waals surface area (Å²) in [6, 6.07) is 0. The van der Waals surface area contributed by atoms with Gasteiger partial charge in [-0.05, 0) is 38.8 Å². The largest absolute Gasteiger partial charge is 0.344 e. The van der Waals surface area contributed by atoms with Crippen LogP contribution in [-0.2, 0) is 9.59 Å². The number of carbonyl (C=O) groups is 2. The summed E-state index contributed by atoms with van der Waals surface area (Å²) in [5.41, 5.74) is 0. The highest BCUT2D eigenvalue weighted by Crippen LogP contribution is 2.21. The molecule has 0 unspecified atom stereocenters. The molecule has 2 fully saturated rings. The van der Waals surface area contributed by atoms with Crippen LogP contribution in [0.2, 0.25) is 0 Å². The van der Waals surface area contributed by atoms with Crippen molar-refractivity contribution >= 4 is 11.8 Å². The lowest BCUT2D eigenvalue weighted by molar-refractivity contribution is -0.137. The Hall–Kier alpha value is -1.54. The first-order valence-corrected chi connectivity index (χ1v) is 8.42. The molecule has 2 aliphatic rings. The zero-order valence-electron chi connectivity index (χ0n) is 13.4. The van der Waals surface area contributed by atoms with E-state index in [2.05, 4.69) is 21.0 Å². The number of piperidine rings is 1. The summed E-state index contributed by atoms with van der Waals surface area (Å²) in [6.07, 6.45) is 11.6. The van der Waals surface area contributed by atoms with Gasteiger partial charge in [0.2, 0.25) is 11.8 Å². The molecule has 2 rings (SSSR count). The van der Waals surface area contributed by atoms with Gasteiger partial charge >= 0.3 is 0 Å². The Kier molecular flexibility index (Phi) is 6.73. The van der Waals surface area contributed by atoms with E-state index in [0.29, 0.717) is 12.5 Å². The van der Waals surface area contributed by atoms with Crippen molar-refractivity contribution in [2.24, 2.45) is 5.92 Å². The molecule has 0 bridgehead atoms. The fraction of sp³-hybridized carbons (Fsp3) is 0.765. The zero-order chi connectivity index (χ0) is 15.8. The molecule has 0 aromatic heterocycles. The Morgan fingerprint density at radius 2 is 1.68 bits per heavy atom. The van der Waals surface area contributed by atoms with Crippen LogP contribution in [0.3, 0.4) is 0 Å². The van der Waals surface area contributed by atoms with Crippen LogP contribution in [0, 0.1) is 18.3 Å². The van der Waals surface area contributed by atoms with E-state index in [1.165, 1.54) is 12.8 Å². The van der Waals surface area contributed by atoms with E-state index >= 15 is 0 Å². The summed E-state index contributed by atoms with van der Waals surface area (Å²) in [5, 5.41) is 2.68. The summed E-state index contributed by atoms with van der Waals surface area (Å²) in [5.74, 6) is 2.84. The van der Waals surface area contributed by atoms with Gasteiger partial charge in [0, 0.05) is 19.0 Å². The number of hydrogen-bond donors (Lipinski definition) is 1. The van der Waals surface area contributed by atoms with E-state index in [1.54, 1.807) is 0 Å². The minimum atomic E-state index is -0.0322. The Bertz CT molecular complexity index is 414. The van der Waals surface area contributed by atoms with Crippen molar-refractivity contribution in [2.75, 3.05) is 39.3 Å². The van der Waals surface area contributed by atoms with E-state index in [4.69, 9.17) is 6.42 Å². The van der Waals surface area contributed by atoms with Crippen LogP contribution in [0.25, 0.3) is 0 Å². The highest BCUT2D eigenvalue weighted by Gasteiger charge is 2.29. The molecule has 122 valence electrons. The summed E-state index contributed by atoms with van der Waals surface area (Å²) < 4.78 is 0. The lowest BCUT2D eigenvalue weighted by Crippen LogP contribution is -2.45. The van der Waals surface area contributed by atoms with E-state index in [9.17, 15) is 9.59 Å². The van der Waals surface area contributed by atoms with E-state index in [-0.39, 0.29) is 18.4 Å². The molecular weight excluding hydrogens is 278 g/mol. The first kappa shape index (κ1) is 16.8. The third-order valence-electron chi connectivity index (χ3n) is 4.61. The van der Waals surface area contributed by atoms with Gasteiger partial charge in [0.05, 0.1) is 13.1 Å². The van der Waals surface area contributed by atoms with Gasteiger partial charge in [-0.2, -0.15) is 0 Å². The Morgan fingerprint density at radius 1 is 1.05 bits per heavy atom. The number of amides is 2. The molecule has 0 spiro atoms. The first-order valence-electron chi connectivity index (χ1n) is 8.42. The third kappa shape index (κ3) is 5.03. The first-order chi connectivity index (χ1) is 10.7. The number of carbonyl (C=O) groups excluding carboxylic acids is 2. The van der Waals surface area contributed by atoms with Gasteiger partial charge in [-0.15, -0.1) is 6.42 Å². The van der Waals surface area contributed by atoms with E-state index in [1.807, 2.05) is 0 Å². The maximum Gasteiger partial charge on any atom is 0.234 e. The quantitative estimate of drug-likeness (QED) is 0.784. The maximum absolute atomic E-state index is 12.6. The van der Waals surface area contributed by atoms with Crippen molar-refractivity contribution in [3.05, 3.63) is 0 Å². The molecule has 0 aromatic rings. The molecule has 22 heavy (non-hydrogen) atoms. The van der Waals surface area contributed by atoms with Crippen LogP contribution in [0.5, 0.6) is 0 Å². The van der Waals surface area contributed by atoms with Gasteiger partial charge in [-0.25, -0.2) is 0 Å². The molecule has 2 aliphatic heterocycles. The molecule has 0 atom stereocenters. The lowest BCUT2D eigenvalue weighted by Gasteiger charge is -2.33. The second kappa shape index (κ2) is 8.79. The van der Waals surface area contributed by atoms with Crippen molar-refractivity contribution in [3.63, 3.8) is 0 Å². The third-order valence-corrected chi connectivity index (χ3v) is 4.61. The number of terminal acetylenes is 1. The summed E-state index contributed by atoms with van der Waals surface area (Å²) in [6.45, 7) is 4.14. The normalized spacial score (nSPS) is 21.0. The van der Waals surface area contributed by atoms with Crippen LogP contribution in [-0.4, -0.2) is 60.9 Å². The molecule has 5 nitrogen and oxygen atoms in total. The fourth-order valence-corrected chi connectivity index (χ4v) is 3.30.